The lowest BCUT2D eigenvalue weighted by atomic mass is 9.88. The number of carbonyl (C=O) groups is 2. The number of para-hydroxylation sites is 2. The minimum Gasteiger partial charge on any atom is -0.343 e. The Kier molecular flexibility index (Phi) is 4.66. The van der Waals surface area contributed by atoms with Crippen LogP contribution in [0, 0.1) is 0 Å². The van der Waals surface area contributed by atoms with Crippen molar-refractivity contribution >= 4 is 39.3 Å². The predicted molar refractivity (Wildman–Crippen MR) is 126 cm³/mol. The van der Waals surface area contributed by atoms with Crippen molar-refractivity contribution in [2.45, 2.75) is 39.5 Å². The molecule has 0 unspecified atom stereocenters. The molecular formula is C27H26N2O2. The molecule has 0 fully saturated rings. The molecule has 4 nitrogen and oxygen atoms in total. The van der Waals surface area contributed by atoms with E-state index in [4.69, 9.17) is 0 Å². The van der Waals surface area contributed by atoms with Crippen molar-refractivity contribution in [1.82, 2.24) is 4.57 Å². The molecule has 0 radical (unpaired) electrons. The number of hydrogen-bond donors (Lipinski definition) is 0. The summed E-state index contributed by atoms with van der Waals surface area (Å²) in [5, 5.41) is 1.96. The molecule has 4 aromatic rings. The molecule has 1 aliphatic rings. The fraction of sp³-hybridized carbons (Fsp3) is 0.259. The highest BCUT2D eigenvalue weighted by Crippen LogP contribution is 2.43. The molecule has 31 heavy (non-hydrogen) atoms. The average Bonchev–Trinajstić information content (AvgIpc) is 3.22. The lowest BCUT2D eigenvalue weighted by molar-refractivity contribution is 0.0926. The van der Waals surface area contributed by atoms with Crippen molar-refractivity contribution in [2.75, 3.05) is 4.90 Å². The minimum absolute atomic E-state index is 0.193. The summed E-state index contributed by atoms with van der Waals surface area (Å²) in [5.41, 5.74) is 6.27. The number of fused-ring (bicyclic) bond motifs is 5. The number of hydrogen-bond acceptors (Lipinski definition) is 2. The van der Waals surface area contributed by atoms with Crippen LogP contribution in [-0.4, -0.2) is 16.4 Å². The van der Waals surface area contributed by atoms with Crippen molar-refractivity contribution in [3.8, 4) is 0 Å². The van der Waals surface area contributed by atoms with E-state index in [1.807, 2.05) is 42.5 Å². The Morgan fingerprint density at radius 3 is 2.06 bits per heavy atom. The van der Waals surface area contributed by atoms with Crippen molar-refractivity contribution in [3.63, 3.8) is 0 Å². The van der Waals surface area contributed by atoms with Crippen molar-refractivity contribution in [2.24, 2.45) is 7.05 Å². The Hall–Kier alpha value is -3.40. The van der Waals surface area contributed by atoms with Gasteiger partial charge in [0.2, 0.25) is 0 Å². The first-order valence-corrected chi connectivity index (χ1v) is 11.1. The summed E-state index contributed by atoms with van der Waals surface area (Å²) in [5.74, 6) is -0.408. The smallest absolute Gasteiger partial charge is 0.266 e. The van der Waals surface area contributed by atoms with Crippen LogP contribution in [0.5, 0.6) is 0 Å². The van der Waals surface area contributed by atoms with Gasteiger partial charge in [-0.3, -0.25) is 9.59 Å². The van der Waals surface area contributed by atoms with Gasteiger partial charge < -0.3 is 4.57 Å². The van der Waals surface area contributed by atoms with Gasteiger partial charge in [-0.25, -0.2) is 4.90 Å². The maximum Gasteiger partial charge on any atom is 0.266 e. The van der Waals surface area contributed by atoms with Crippen molar-refractivity contribution in [1.29, 1.82) is 0 Å². The van der Waals surface area contributed by atoms with E-state index in [-0.39, 0.29) is 11.8 Å². The second kappa shape index (κ2) is 7.38. The number of benzene rings is 3. The lowest BCUT2D eigenvalue weighted by Gasteiger charge is -2.16. The number of rotatable bonds is 5. The van der Waals surface area contributed by atoms with Gasteiger partial charge >= 0.3 is 0 Å². The summed E-state index contributed by atoms with van der Waals surface area (Å²) in [4.78, 5) is 28.9. The van der Waals surface area contributed by atoms with E-state index >= 15 is 0 Å². The van der Waals surface area contributed by atoms with E-state index in [1.54, 1.807) is 0 Å². The molecule has 2 amide bonds. The number of amides is 2. The predicted octanol–water partition coefficient (Wildman–Crippen LogP) is 6.04. The summed E-state index contributed by atoms with van der Waals surface area (Å²) >= 11 is 0. The number of carbonyl (C=O) groups excluding carboxylic acids is 2. The maximum absolute atomic E-state index is 13.8. The minimum atomic E-state index is -0.215. The Balaban J connectivity index is 1.95. The van der Waals surface area contributed by atoms with E-state index in [9.17, 15) is 9.59 Å². The number of nitrogens with zero attached hydrogens (tertiary/aromatic N) is 2. The Labute approximate surface area is 182 Å². The van der Waals surface area contributed by atoms with Crippen LogP contribution < -0.4 is 4.90 Å². The average molecular weight is 411 g/mol. The third-order valence-electron chi connectivity index (χ3n) is 6.41. The van der Waals surface area contributed by atoms with Gasteiger partial charge in [0.15, 0.2) is 0 Å². The highest BCUT2D eigenvalue weighted by atomic mass is 16.2. The van der Waals surface area contributed by atoms with E-state index in [0.29, 0.717) is 16.8 Å². The van der Waals surface area contributed by atoms with E-state index in [1.165, 1.54) is 10.5 Å². The van der Waals surface area contributed by atoms with Crippen LogP contribution in [0.25, 0.3) is 21.8 Å². The first-order chi connectivity index (χ1) is 15.1. The summed E-state index contributed by atoms with van der Waals surface area (Å²) in [6, 6.07) is 17.5. The van der Waals surface area contributed by atoms with Gasteiger partial charge in [0.25, 0.3) is 11.8 Å². The fourth-order valence-corrected chi connectivity index (χ4v) is 5.19. The zero-order chi connectivity index (χ0) is 21.7. The third-order valence-corrected chi connectivity index (χ3v) is 6.41. The van der Waals surface area contributed by atoms with Crippen LogP contribution >= 0.6 is 0 Å². The highest BCUT2D eigenvalue weighted by molar-refractivity contribution is 6.40. The second-order valence-electron chi connectivity index (χ2n) is 8.29. The number of aryl methyl sites for hydroxylation is 2. The second-order valence-corrected chi connectivity index (χ2v) is 8.29. The molecule has 0 spiro atoms. The first-order valence-electron chi connectivity index (χ1n) is 11.1. The topological polar surface area (TPSA) is 42.3 Å². The third kappa shape index (κ3) is 2.67. The van der Waals surface area contributed by atoms with Gasteiger partial charge in [-0.2, -0.15) is 0 Å². The zero-order valence-corrected chi connectivity index (χ0v) is 18.2. The van der Waals surface area contributed by atoms with Crippen LogP contribution in [0.1, 0.15) is 58.5 Å². The molecule has 3 aromatic carbocycles. The Bertz CT molecular complexity index is 1350. The molecule has 0 N–H and O–H groups in total. The first kappa shape index (κ1) is 19.6. The molecule has 1 aliphatic heterocycles. The Morgan fingerprint density at radius 1 is 0.742 bits per heavy atom. The summed E-state index contributed by atoms with van der Waals surface area (Å²) in [7, 11) is 2.07. The highest BCUT2D eigenvalue weighted by Gasteiger charge is 2.42. The molecule has 5 rings (SSSR count). The van der Waals surface area contributed by atoms with Crippen LogP contribution in [0.4, 0.5) is 5.69 Å². The van der Waals surface area contributed by atoms with Crippen LogP contribution in [0.15, 0.2) is 54.6 Å². The molecule has 156 valence electrons. The standard InChI is InChI=1S/C27H26N2O2/c1-4-11-18-19(12-5-2)25-22(20-15-9-10-16-21(20)28(25)3)24-23(18)26(30)29(27(24)31)17-13-7-6-8-14-17/h6-10,13-16H,4-5,11-12H2,1-3H3. The molecule has 0 saturated carbocycles. The van der Waals surface area contributed by atoms with Crippen LogP contribution in [0.3, 0.4) is 0 Å². The fourth-order valence-electron chi connectivity index (χ4n) is 5.19. The van der Waals surface area contributed by atoms with Gasteiger partial charge in [-0.1, -0.05) is 63.1 Å². The summed E-state index contributed by atoms with van der Waals surface area (Å²) in [6.07, 6.45) is 3.58. The van der Waals surface area contributed by atoms with E-state index in [2.05, 4.69) is 37.6 Å². The van der Waals surface area contributed by atoms with Gasteiger partial charge in [-0.05, 0) is 42.2 Å². The summed E-state index contributed by atoms with van der Waals surface area (Å²) < 4.78 is 2.21. The van der Waals surface area contributed by atoms with E-state index < -0.39 is 0 Å². The van der Waals surface area contributed by atoms with Gasteiger partial charge in [0.05, 0.1) is 22.3 Å². The maximum atomic E-state index is 13.8. The van der Waals surface area contributed by atoms with Gasteiger partial charge in [0, 0.05) is 23.3 Å². The zero-order valence-electron chi connectivity index (χ0n) is 18.2. The molecule has 1 aromatic heterocycles. The lowest BCUT2D eigenvalue weighted by Crippen LogP contribution is -2.29. The molecule has 0 saturated heterocycles. The number of anilines is 1. The molecule has 0 bridgehead atoms. The Morgan fingerprint density at radius 2 is 1.35 bits per heavy atom. The van der Waals surface area contributed by atoms with Gasteiger partial charge in [0.1, 0.15) is 0 Å². The largest absolute Gasteiger partial charge is 0.343 e. The molecule has 4 heteroatoms. The summed E-state index contributed by atoms with van der Waals surface area (Å²) in [6.45, 7) is 4.30. The van der Waals surface area contributed by atoms with Gasteiger partial charge in [-0.15, -0.1) is 0 Å². The molecule has 0 aliphatic carbocycles. The monoisotopic (exact) mass is 410 g/mol. The van der Waals surface area contributed by atoms with Crippen molar-refractivity contribution < 1.29 is 9.59 Å². The van der Waals surface area contributed by atoms with Crippen LogP contribution in [-0.2, 0) is 19.9 Å². The number of imide groups is 1. The normalized spacial score (nSPS) is 13.6. The molecule has 2 heterocycles. The van der Waals surface area contributed by atoms with Crippen molar-refractivity contribution in [3.05, 3.63) is 76.9 Å². The molecule has 0 atom stereocenters. The van der Waals surface area contributed by atoms with Crippen LogP contribution in [0.2, 0.25) is 0 Å². The van der Waals surface area contributed by atoms with E-state index in [0.717, 1.165) is 53.1 Å². The SMILES string of the molecule is CCCc1c2c(c3c4ccccc4n(C)c3c1CCC)C(=O)N(c1ccccc1)C2=O. The number of aromatic nitrogens is 1. The quantitative estimate of drug-likeness (QED) is 0.377. The molecular weight excluding hydrogens is 384 g/mol.